The molecular formula is C4H10O11P2. The highest BCUT2D eigenvalue weighted by Crippen LogP contribution is 2.35. The van der Waals surface area contributed by atoms with Gasteiger partial charge in [0.05, 0.1) is 6.42 Å². The molecule has 11 nitrogen and oxygen atoms in total. The minimum Gasteiger partial charge on any atom is -0.303 e. The summed E-state index contributed by atoms with van der Waals surface area (Å²) < 4.78 is 22.2. The third-order valence-electron chi connectivity index (χ3n) is 0.694. The van der Waals surface area contributed by atoms with Crippen molar-refractivity contribution in [2.75, 3.05) is 0 Å². The standard InChI is InChI=1S/C4H7O7P.H3O4P/c5-3-1-2-4(6)10-11-12(7,8)9;1-5(2,3)4/h3H,1-2H2,(H2,7,8,9);(H3,1,2,3,4). The van der Waals surface area contributed by atoms with Crippen molar-refractivity contribution in [2.45, 2.75) is 12.8 Å². The molecule has 0 fully saturated rings. The highest BCUT2D eigenvalue weighted by molar-refractivity contribution is 7.46. The van der Waals surface area contributed by atoms with Crippen LogP contribution in [-0.4, -0.2) is 36.7 Å². The van der Waals surface area contributed by atoms with Gasteiger partial charge in [0.15, 0.2) is 0 Å². The highest BCUT2D eigenvalue weighted by Gasteiger charge is 2.18. The van der Waals surface area contributed by atoms with Crippen molar-refractivity contribution in [3.8, 4) is 0 Å². The van der Waals surface area contributed by atoms with E-state index in [-0.39, 0.29) is 12.8 Å². The molecule has 0 rings (SSSR count). The molecule has 0 aliphatic rings. The molecule has 0 saturated carbocycles. The molecule has 0 aromatic heterocycles. The van der Waals surface area contributed by atoms with Crippen LogP contribution in [0.3, 0.4) is 0 Å². The first-order valence-electron chi connectivity index (χ1n) is 3.62. The van der Waals surface area contributed by atoms with Crippen LogP contribution in [0.1, 0.15) is 12.8 Å². The fourth-order valence-electron chi connectivity index (χ4n) is 0.309. The molecule has 0 aromatic carbocycles. The van der Waals surface area contributed by atoms with Crippen LogP contribution >= 0.6 is 15.6 Å². The summed E-state index contributed by atoms with van der Waals surface area (Å²) >= 11 is 0. The minimum absolute atomic E-state index is 0.0800. The lowest BCUT2D eigenvalue weighted by Crippen LogP contribution is -2.04. The zero-order valence-electron chi connectivity index (χ0n) is 8.07. The van der Waals surface area contributed by atoms with Crippen LogP contribution in [0.5, 0.6) is 0 Å². The molecule has 0 spiro atoms. The van der Waals surface area contributed by atoms with Gasteiger partial charge in [0.2, 0.25) is 0 Å². The second kappa shape index (κ2) is 8.45. The van der Waals surface area contributed by atoms with Crippen molar-refractivity contribution >= 4 is 27.9 Å². The SMILES string of the molecule is O=CCCC(=O)OOP(=O)(O)O.O=P(O)(O)O. The molecule has 0 saturated heterocycles. The molecule has 102 valence electrons. The Bertz CT molecular complexity index is 316. The van der Waals surface area contributed by atoms with Crippen molar-refractivity contribution in [3.05, 3.63) is 0 Å². The molecule has 0 unspecified atom stereocenters. The minimum atomic E-state index is -4.78. The summed E-state index contributed by atoms with van der Waals surface area (Å²) in [6.45, 7) is 0. The van der Waals surface area contributed by atoms with Crippen molar-refractivity contribution in [3.63, 3.8) is 0 Å². The van der Waals surface area contributed by atoms with E-state index in [4.69, 9.17) is 29.0 Å². The van der Waals surface area contributed by atoms with E-state index in [2.05, 4.69) is 9.56 Å². The van der Waals surface area contributed by atoms with Crippen LogP contribution in [-0.2, 0) is 28.3 Å². The number of aldehydes is 1. The Hall–Kier alpha value is -0.640. The van der Waals surface area contributed by atoms with Crippen LogP contribution in [0.4, 0.5) is 0 Å². The van der Waals surface area contributed by atoms with Gasteiger partial charge < -0.3 is 29.3 Å². The number of carbonyl (C=O) groups excluding carboxylic acids is 2. The van der Waals surface area contributed by atoms with Gasteiger partial charge in [0.25, 0.3) is 0 Å². The molecule has 0 bridgehead atoms. The Labute approximate surface area is 94.4 Å². The number of rotatable bonds is 5. The molecule has 0 amide bonds. The lowest BCUT2D eigenvalue weighted by atomic mass is 10.3. The molecule has 0 radical (unpaired) electrons. The zero-order chi connectivity index (χ0) is 14.1. The van der Waals surface area contributed by atoms with Crippen LogP contribution in [0.15, 0.2) is 0 Å². The first-order valence-corrected chi connectivity index (χ1v) is 6.72. The summed E-state index contributed by atoms with van der Waals surface area (Å²) in [5.41, 5.74) is 0. The fraction of sp³-hybridized carbons (Fsp3) is 0.500. The first-order chi connectivity index (χ1) is 7.45. The third kappa shape index (κ3) is 31.3. The number of phosphoric acid groups is 2. The van der Waals surface area contributed by atoms with Gasteiger partial charge in [-0.05, 0) is 0 Å². The predicted octanol–water partition coefficient (Wildman–Crippen LogP) is -1.40. The summed E-state index contributed by atoms with van der Waals surface area (Å²) in [4.78, 5) is 61.4. The summed E-state index contributed by atoms with van der Waals surface area (Å²) in [5, 5.41) is 0. The molecule has 0 aliphatic carbocycles. The van der Waals surface area contributed by atoms with E-state index >= 15 is 0 Å². The molecule has 5 N–H and O–H groups in total. The average molecular weight is 296 g/mol. The van der Waals surface area contributed by atoms with Crippen molar-refractivity contribution in [1.29, 1.82) is 0 Å². The highest BCUT2D eigenvalue weighted by atomic mass is 31.2. The molecule has 13 heteroatoms. The summed E-state index contributed by atoms with van der Waals surface area (Å²) in [6, 6.07) is 0. The summed E-state index contributed by atoms with van der Waals surface area (Å²) in [7, 11) is -9.42. The molecule has 0 aromatic rings. The summed E-state index contributed by atoms with van der Waals surface area (Å²) in [5.74, 6) is -1.01. The lowest BCUT2D eigenvalue weighted by Gasteiger charge is -2.01. The molecule has 0 atom stereocenters. The Kier molecular flexibility index (Phi) is 9.30. The van der Waals surface area contributed by atoms with Crippen LogP contribution in [0.25, 0.3) is 0 Å². The number of carbonyl (C=O) groups is 2. The maximum Gasteiger partial charge on any atom is 0.505 e. The van der Waals surface area contributed by atoms with Gasteiger partial charge in [-0.25, -0.2) is 13.9 Å². The smallest absolute Gasteiger partial charge is 0.303 e. The zero-order valence-corrected chi connectivity index (χ0v) is 9.86. The van der Waals surface area contributed by atoms with Gasteiger partial charge in [-0.1, -0.05) is 4.67 Å². The maximum atomic E-state index is 10.4. The van der Waals surface area contributed by atoms with E-state index < -0.39 is 21.6 Å². The van der Waals surface area contributed by atoms with Crippen LogP contribution in [0, 0.1) is 0 Å². The fourth-order valence-corrected chi connectivity index (χ4v) is 0.489. The van der Waals surface area contributed by atoms with E-state index in [1.54, 1.807) is 0 Å². The number of hydrogen-bond acceptors (Lipinski definition) is 6. The van der Waals surface area contributed by atoms with E-state index in [1.807, 2.05) is 0 Å². The van der Waals surface area contributed by atoms with Gasteiger partial charge in [-0.15, -0.1) is 0 Å². The van der Waals surface area contributed by atoms with E-state index in [0.29, 0.717) is 6.29 Å². The quantitative estimate of drug-likeness (QED) is 0.174. The van der Waals surface area contributed by atoms with Gasteiger partial charge in [-0.3, -0.25) is 4.89 Å². The summed E-state index contributed by atoms with van der Waals surface area (Å²) in [6.07, 6.45) is 0.117. The monoisotopic (exact) mass is 296 g/mol. The first kappa shape index (κ1) is 18.7. The largest absolute Gasteiger partial charge is 0.505 e. The topological polar surface area (TPSA) is 188 Å². The maximum absolute atomic E-state index is 10.4. The van der Waals surface area contributed by atoms with E-state index in [1.165, 1.54) is 0 Å². The molecule has 17 heavy (non-hydrogen) atoms. The van der Waals surface area contributed by atoms with Crippen molar-refractivity contribution in [2.24, 2.45) is 0 Å². The second-order valence-electron chi connectivity index (χ2n) is 2.24. The Morgan fingerprint density at radius 3 is 1.82 bits per heavy atom. The Balaban J connectivity index is 0. The van der Waals surface area contributed by atoms with E-state index in [9.17, 15) is 14.2 Å². The molecule has 0 heterocycles. The third-order valence-corrected chi connectivity index (χ3v) is 0.962. The number of hydrogen-bond donors (Lipinski definition) is 5. The molecular weight excluding hydrogens is 286 g/mol. The van der Waals surface area contributed by atoms with Crippen LogP contribution < -0.4 is 0 Å². The van der Waals surface area contributed by atoms with Crippen molar-refractivity contribution < 1.29 is 52.7 Å². The van der Waals surface area contributed by atoms with E-state index in [0.717, 1.165) is 0 Å². The van der Waals surface area contributed by atoms with Gasteiger partial charge >= 0.3 is 21.6 Å². The predicted molar refractivity (Wildman–Crippen MR) is 48.8 cm³/mol. The normalized spacial score (nSPS) is 11.1. The van der Waals surface area contributed by atoms with Crippen molar-refractivity contribution in [1.82, 2.24) is 0 Å². The Morgan fingerprint density at radius 1 is 1.12 bits per heavy atom. The van der Waals surface area contributed by atoms with Gasteiger partial charge in [0, 0.05) is 6.42 Å². The van der Waals surface area contributed by atoms with Gasteiger partial charge in [0.1, 0.15) is 6.29 Å². The molecule has 0 aliphatic heterocycles. The Morgan fingerprint density at radius 2 is 1.53 bits per heavy atom. The second-order valence-corrected chi connectivity index (χ2v) is 4.40. The average Bonchev–Trinajstić information content (AvgIpc) is 2.07. The van der Waals surface area contributed by atoms with Gasteiger partial charge in [-0.2, -0.15) is 0 Å². The lowest BCUT2D eigenvalue weighted by molar-refractivity contribution is -0.222. The van der Waals surface area contributed by atoms with Crippen LogP contribution in [0.2, 0.25) is 0 Å².